The first kappa shape index (κ1) is 19.7. The fourth-order valence-electron chi connectivity index (χ4n) is 2.39. The number of anilines is 1. The van der Waals surface area contributed by atoms with E-state index in [1.807, 2.05) is 0 Å². The number of nitrogens with zero attached hydrogens (tertiary/aromatic N) is 1. The predicted molar refractivity (Wildman–Crippen MR) is 89.1 cm³/mol. The number of hydrogen-bond donors (Lipinski definition) is 2. The normalized spacial score (nSPS) is 17.2. The van der Waals surface area contributed by atoms with Crippen molar-refractivity contribution in [3.63, 3.8) is 0 Å². The molecule has 0 spiro atoms. The predicted octanol–water partition coefficient (Wildman–Crippen LogP) is 0.149. The number of rotatable bonds is 7. The number of sulfonamides is 1. The van der Waals surface area contributed by atoms with Crippen LogP contribution in [0.1, 0.15) is 6.42 Å². The second kappa shape index (κ2) is 8.68. The maximum atomic E-state index is 14.1. The number of carbonyl (C=O) groups excluding carboxylic acids is 1. The molecule has 1 amide bonds. The Morgan fingerprint density at radius 1 is 1.44 bits per heavy atom. The molecule has 25 heavy (non-hydrogen) atoms. The molecule has 0 aromatic heterocycles. The van der Waals surface area contributed by atoms with Gasteiger partial charge >= 0.3 is 0 Å². The van der Waals surface area contributed by atoms with Gasteiger partial charge in [-0.25, -0.2) is 12.8 Å². The highest BCUT2D eigenvalue weighted by atomic mass is 32.2. The van der Waals surface area contributed by atoms with Crippen molar-refractivity contribution in [1.82, 2.24) is 4.31 Å². The summed E-state index contributed by atoms with van der Waals surface area (Å²) in [7, 11) is -2.56. The van der Waals surface area contributed by atoms with Crippen molar-refractivity contribution in [2.75, 3.05) is 45.3 Å². The zero-order chi connectivity index (χ0) is 18.4. The van der Waals surface area contributed by atoms with Crippen LogP contribution in [0.25, 0.3) is 0 Å². The summed E-state index contributed by atoms with van der Waals surface area (Å²) in [4.78, 5) is 11.5. The number of nitrogens with one attached hydrogen (secondary N) is 1. The Kier molecular flexibility index (Phi) is 6.85. The van der Waals surface area contributed by atoms with Gasteiger partial charge in [0.25, 0.3) is 0 Å². The van der Waals surface area contributed by atoms with E-state index in [2.05, 4.69) is 5.32 Å². The van der Waals surface area contributed by atoms with Crippen molar-refractivity contribution < 1.29 is 27.1 Å². The summed E-state index contributed by atoms with van der Waals surface area (Å²) < 4.78 is 50.6. The lowest BCUT2D eigenvalue weighted by Crippen LogP contribution is -2.40. The molecule has 1 aliphatic heterocycles. The highest BCUT2D eigenvalue weighted by molar-refractivity contribution is 7.89. The Morgan fingerprint density at radius 2 is 2.12 bits per heavy atom. The first-order valence-electron chi connectivity index (χ1n) is 7.78. The smallest absolute Gasteiger partial charge is 0.246 e. The Balaban J connectivity index is 2.18. The molecule has 1 fully saturated rings. The maximum absolute atomic E-state index is 14.1. The van der Waals surface area contributed by atoms with Crippen LogP contribution in [0.3, 0.4) is 0 Å². The quantitative estimate of drug-likeness (QED) is 0.702. The summed E-state index contributed by atoms with van der Waals surface area (Å²) in [5.41, 5.74) is 5.64. The van der Waals surface area contributed by atoms with Gasteiger partial charge in [-0.15, -0.1) is 0 Å². The van der Waals surface area contributed by atoms with Gasteiger partial charge in [-0.3, -0.25) is 4.79 Å². The van der Waals surface area contributed by atoms with Crippen LogP contribution < -0.4 is 11.1 Å². The average Bonchev–Trinajstić information content (AvgIpc) is 2.62. The Bertz CT molecular complexity index is 703. The molecule has 0 radical (unpaired) electrons. The van der Waals surface area contributed by atoms with Gasteiger partial charge in [0.15, 0.2) is 0 Å². The zero-order valence-corrected chi connectivity index (χ0v) is 14.7. The van der Waals surface area contributed by atoms with Crippen molar-refractivity contribution >= 4 is 21.6 Å². The van der Waals surface area contributed by atoms with Gasteiger partial charge in [-0.1, -0.05) is 0 Å². The first-order chi connectivity index (χ1) is 11.9. The molecule has 140 valence electrons. The van der Waals surface area contributed by atoms with Gasteiger partial charge in [0.1, 0.15) is 10.7 Å². The van der Waals surface area contributed by atoms with E-state index in [0.29, 0.717) is 0 Å². The van der Waals surface area contributed by atoms with E-state index in [1.54, 1.807) is 0 Å². The van der Waals surface area contributed by atoms with Gasteiger partial charge in [-0.05, 0) is 18.2 Å². The van der Waals surface area contributed by atoms with Crippen molar-refractivity contribution in [3.05, 3.63) is 24.0 Å². The fraction of sp³-hybridized carbons (Fsp3) is 0.533. The lowest BCUT2D eigenvalue weighted by Gasteiger charge is -2.26. The van der Waals surface area contributed by atoms with Crippen molar-refractivity contribution in [1.29, 1.82) is 0 Å². The summed E-state index contributed by atoms with van der Waals surface area (Å²) in [6.45, 7) is 1.00. The van der Waals surface area contributed by atoms with Gasteiger partial charge in [0, 0.05) is 32.4 Å². The molecule has 0 bridgehead atoms. The van der Waals surface area contributed by atoms with E-state index in [9.17, 15) is 17.6 Å². The molecule has 1 aliphatic rings. The number of ether oxygens (including phenoxy) is 2. The molecular weight excluding hydrogens is 353 g/mol. The molecule has 2 rings (SSSR count). The molecule has 1 aromatic carbocycles. The molecule has 1 saturated heterocycles. The number of nitrogens with two attached hydrogens (primary N) is 1. The number of hydrogen-bond acceptors (Lipinski definition) is 6. The second-order valence-corrected chi connectivity index (χ2v) is 7.41. The largest absolute Gasteiger partial charge is 0.380 e. The Labute approximate surface area is 146 Å². The molecule has 1 atom stereocenters. The number of morpholine rings is 1. The molecule has 8 nitrogen and oxygen atoms in total. The van der Waals surface area contributed by atoms with Crippen LogP contribution in [-0.2, 0) is 24.3 Å². The first-order valence-corrected chi connectivity index (χ1v) is 9.22. The monoisotopic (exact) mass is 375 g/mol. The minimum Gasteiger partial charge on any atom is -0.380 e. The minimum absolute atomic E-state index is 0.00984. The average molecular weight is 375 g/mol. The number of carbonyl (C=O) groups is 1. The highest BCUT2D eigenvalue weighted by Gasteiger charge is 2.29. The summed E-state index contributed by atoms with van der Waals surface area (Å²) in [5.74, 6) is -1.28. The molecule has 0 aliphatic carbocycles. The molecule has 3 N–H and O–H groups in total. The van der Waals surface area contributed by atoms with Crippen LogP contribution in [-0.4, -0.2) is 64.7 Å². The van der Waals surface area contributed by atoms with Crippen molar-refractivity contribution in [3.8, 4) is 0 Å². The maximum Gasteiger partial charge on any atom is 0.246 e. The molecule has 1 aromatic rings. The second-order valence-electron chi connectivity index (χ2n) is 5.51. The van der Waals surface area contributed by atoms with Crippen LogP contribution in [0.15, 0.2) is 23.1 Å². The summed E-state index contributed by atoms with van der Waals surface area (Å²) in [5, 5.41) is 2.53. The van der Waals surface area contributed by atoms with Crippen LogP contribution >= 0.6 is 0 Å². The standard InChI is InChI=1S/C15H22FN3O5S/c1-23-12(10-17)9-15(20)18-11-2-3-13(16)14(8-11)25(21,22)19-4-6-24-7-5-19/h2-3,8,12H,4-7,9-10,17H2,1H3,(H,18,20). The third-order valence-corrected chi connectivity index (χ3v) is 5.73. The molecule has 10 heteroatoms. The van der Waals surface area contributed by atoms with E-state index in [4.69, 9.17) is 15.2 Å². The van der Waals surface area contributed by atoms with Crippen LogP contribution in [0.2, 0.25) is 0 Å². The van der Waals surface area contributed by atoms with E-state index in [-0.39, 0.29) is 45.0 Å². The minimum atomic E-state index is -4.00. The summed E-state index contributed by atoms with van der Waals surface area (Å²) in [6.07, 6.45) is -0.437. The number of methoxy groups -OCH3 is 1. The fourth-order valence-corrected chi connectivity index (χ4v) is 3.88. The van der Waals surface area contributed by atoms with Crippen molar-refractivity contribution in [2.45, 2.75) is 17.4 Å². The SMILES string of the molecule is COC(CN)CC(=O)Nc1ccc(F)c(S(=O)(=O)N2CCOCC2)c1. The number of amides is 1. The van der Waals surface area contributed by atoms with E-state index < -0.39 is 32.7 Å². The number of halogens is 1. The number of benzene rings is 1. The van der Waals surface area contributed by atoms with E-state index in [1.165, 1.54) is 13.2 Å². The van der Waals surface area contributed by atoms with Gasteiger partial charge in [0.2, 0.25) is 15.9 Å². The zero-order valence-electron chi connectivity index (χ0n) is 13.9. The van der Waals surface area contributed by atoms with E-state index in [0.717, 1.165) is 16.4 Å². The molecular formula is C15H22FN3O5S. The van der Waals surface area contributed by atoms with Crippen LogP contribution in [0.5, 0.6) is 0 Å². The highest BCUT2D eigenvalue weighted by Crippen LogP contribution is 2.24. The van der Waals surface area contributed by atoms with Gasteiger partial charge in [0.05, 0.1) is 25.7 Å². The summed E-state index contributed by atoms with van der Waals surface area (Å²) in [6, 6.07) is 3.43. The molecule has 1 unspecified atom stereocenters. The lowest BCUT2D eigenvalue weighted by atomic mass is 10.2. The summed E-state index contributed by atoms with van der Waals surface area (Å²) >= 11 is 0. The Hall–Kier alpha value is -1.59. The third kappa shape index (κ3) is 4.95. The third-order valence-electron chi connectivity index (χ3n) is 3.81. The van der Waals surface area contributed by atoms with Gasteiger partial charge in [-0.2, -0.15) is 4.31 Å². The molecule has 1 heterocycles. The Morgan fingerprint density at radius 3 is 2.72 bits per heavy atom. The van der Waals surface area contributed by atoms with Crippen molar-refractivity contribution in [2.24, 2.45) is 5.73 Å². The van der Waals surface area contributed by atoms with Crippen LogP contribution in [0.4, 0.5) is 10.1 Å². The lowest BCUT2D eigenvalue weighted by molar-refractivity contribution is -0.118. The van der Waals surface area contributed by atoms with Crippen LogP contribution in [0, 0.1) is 5.82 Å². The molecule has 0 saturated carbocycles. The topological polar surface area (TPSA) is 111 Å². The van der Waals surface area contributed by atoms with Gasteiger partial charge < -0.3 is 20.5 Å². The van der Waals surface area contributed by atoms with E-state index >= 15 is 0 Å².